The van der Waals surface area contributed by atoms with Crippen molar-refractivity contribution in [3.8, 4) is 11.5 Å². The third-order valence-electron chi connectivity index (χ3n) is 2.85. The van der Waals surface area contributed by atoms with E-state index in [1.54, 1.807) is 14.2 Å². The second-order valence-corrected chi connectivity index (χ2v) is 4.82. The maximum atomic E-state index is 9.14. The molecule has 0 saturated heterocycles. The first kappa shape index (κ1) is 15.3. The van der Waals surface area contributed by atoms with E-state index in [0.717, 1.165) is 16.5 Å². The zero-order valence-corrected chi connectivity index (χ0v) is 12.6. The minimum Gasteiger partial charge on any atom is -0.493 e. The maximum absolute atomic E-state index is 9.14. The molecule has 0 saturated carbocycles. The molecule has 1 rings (SSSR count). The highest BCUT2D eigenvalue weighted by Crippen LogP contribution is 2.33. The summed E-state index contributed by atoms with van der Waals surface area (Å²) in [5, 5.41) is 12.4. The average Bonchev–Trinajstić information content (AvgIpc) is 2.40. The third-order valence-corrected chi connectivity index (χ3v) is 3.59. The van der Waals surface area contributed by atoms with E-state index in [2.05, 4.69) is 21.2 Å². The largest absolute Gasteiger partial charge is 0.493 e. The SMILES string of the molecule is CC[C@H](CO)NCc1cc(OC)c(OC)cc1Br. The predicted octanol–water partition coefficient (Wildman–Crippen LogP) is 2.33. The van der Waals surface area contributed by atoms with Crippen molar-refractivity contribution >= 4 is 15.9 Å². The molecule has 0 fully saturated rings. The summed E-state index contributed by atoms with van der Waals surface area (Å²) in [5.41, 5.74) is 1.07. The fourth-order valence-electron chi connectivity index (χ4n) is 1.62. The fourth-order valence-corrected chi connectivity index (χ4v) is 2.09. The molecule has 1 aromatic rings. The molecule has 0 aliphatic carbocycles. The van der Waals surface area contributed by atoms with E-state index in [0.29, 0.717) is 18.0 Å². The van der Waals surface area contributed by atoms with Gasteiger partial charge in [-0.15, -0.1) is 0 Å². The van der Waals surface area contributed by atoms with Crippen molar-refractivity contribution in [1.29, 1.82) is 0 Å². The van der Waals surface area contributed by atoms with Gasteiger partial charge in [0.15, 0.2) is 11.5 Å². The lowest BCUT2D eigenvalue weighted by atomic mass is 10.1. The van der Waals surface area contributed by atoms with Gasteiger partial charge in [0.2, 0.25) is 0 Å². The number of hydrogen-bond donors (Lipinski definition) is 2. The Bertz CT molecular complexity index is 381. The molecule has 0 radical (unpaired) electrons. The smallest absolute Gasteiger partial charge is 0.161 e. The lowest BCUT2D eigenvalue weighted by molar-refractivity contribution is 0.238. The summed E-state index contributed by atoms with van der Waals surface area (Å²) in [5.74, 6) is 1.40. The van der Waals surface area contributed by atoms with E-state index in [9.17, 15) is 0 Å². The standard InChI is InChI=1S/C13H20BrNO3/c1-4-10(8-16)15-7-9-5-12(17-2)13(18-3)6-11(9)14/h5-6,10,15-16H,4,7-8H2,1-3H3/t10-/m1/s1. The number of methoxy groups -OCH3 is 2. The van der Waals surface area contributed by atoms with Crippen LogP contribution in [0.15, 0.2) is 16.6 Å². The van der Waals surface area contributed by atoms with E-state index < -0.39 is 0 Å². The highest BCUT2D eigenvalue weighted by atomic mass is 79.9. The van der Waals surface area contributed by atoms with Crippen molar-refractivity contribution in [2.75, 3.05) is 20.8 Å². The summed E-state index contributed by atoms with van der Waals surface area (Å²) in [7, 11) is 3.23. The molecule has 18 heavy (non-hydrogen) atoms. The van der Waals surface area contributed by atoms with Crippen LogP contribution in [-0.2, 0) is 6.54 Å². The van der Waals surface area contributed by atoms with Crippen LogP contribution in [0.3, 0.4) is 0 Å². The number of halogens is 1. The van der Waals surface area contributed by atoms with Gasteiger partial charge in [0.05, 0.1) is 20.8 Å². The molecule has 2 N–H and O–H groups in total. The minimum atomic E-state index is 0.116. The van der Waals surface area contributed by atoms with E-state index in [1.807, 2.05) is 19.1 Å². The van der Waals surface area contributed by atoms with Crippen molar-refractivity contribution in [2.24, 2.45) is 0 Å². The normalized spacial score (nSPS) is 12.3. The fraction of sp³-hybridized carbons (Fsp3) is 0.538. The molecule has 0 unspecified atom stereocenters. The Morgan fingerprint density at radius 2 is 1.89 bits per heavy atom. The number of aliphatic hydroxyl groups excluding tert-OH is 1. The van der Waals surface area contributed by atoms with Gasteiger partial charge in [-0.3, -0.25) is 0 Å². The van der Waals surface area contributed by atoms with E-state index >= 15 is 0 Å². The first-order valence-electron chi connectivity index (χ1n) is 5.90. The topological polar surface area (TPSA) is 50.7 Å². The number of aliphatic hydroxyl groups is 1. The van der Waals surface area contributed by atoms with Gasteiger partial charge in [-0.2, -0.15) is 0 Å². The van der Waals surface area contributed by atoms with Crippen molar-refractivity contribution in [3.05, 3.63) is 22.2 Å². The van der Waals surface area contributed by atoms with Crippen LogP contribution in [0.1, 0.15) is 18.9 Å². The van der Waals surface area contributed by atoms with E-state index in [1.165, 1.54) is 0 Å². The zero-order valence-electron chi connectivity index (χ0n) is 11.0. The van der Waals surface area contributed by atoms with Crippen molar-refractivity contribution in [3.63, 3.8) is 0 Å². The zero-order chi connectivity index (χ0) is 13.5. The predicted molar refractivity (Wildman–Crippen MR) is 75.3 cm³/mol. The minimum absolute atomic E-state index is 0.116. The van der Waals surface area contributed by atoms with Crippen LogP contribution in [0.2, 0.25) is 0 Å². The van der Waals surface area contributed by atoms with Crippen LogP contribution in [0.4, 0.5) is 0 Å². The summed E-state index contributed by atoms with van der Waals surface area (Å²) < 4.78 is 11.5. The van der Waals surface area contributed by atoms with Gasteiger partial charge < -0.3 is 19.9 Å². The van der Waals surface area contributed by atoms with Gasteiger partial charge in [0.1, 0.15) is 0 Å². The molecule has 102 valence electrons. The molecule has 0 aliphatic heterocycles. The van der Waals surface area contributed by atoms with Crippen LogP contribution in [0.5, 0.6) is 11.5 Å². The number of ether oxygens (including phenoxy) is 2. The van der Waals surface area contributed by atoms with E-state index in [-0.39, 0.29) is 12.6 Å². The summed E-state index contributed by atoms with van der Waals surface area (Å²) in [4.78, 5) is 0. The Hall–Kier alpha value is -0.780. The average molecular weight is 318 g/mol. The Kier molecular flexibility index (Phi) is 6.46. The molecule has 0 aromatic heterocycles. The molecule has 0 bridgehead atoms. The Morgan fingerprint density at radius 1 is 1.28 bits per heavy atom. The highest BCUT2D eigenvalue weighted by Gasteiger charge is 2.11. The first-order chi connectivity index (χ1) is 8.65. The monoisotopic (exact) mass is 317 g/mol. The second-order valence-electron chi connectivity index (χ2n) is 3.97. The van der Waals surface area contributed by atoms with Gasteiger partial charge in [-0.05, 0) is 24.1 Å². The molecule has 5 heteroatoms. The van der Waals surface area contributed by atoms with Crippen molar-refractivity contribution in [2.45, 2.75) is 25.9 Å². The first-order valence-corrected chi connectivity index (χ1v) is 6.70. The Balaban J connectivity index is 2.82. The quantitative estimate of drug-likeness (QED) is 0.810. The van der Waals surface area contributed by atoms with E-state index in [4.69, 9.17) is 14.6 Å². The van der Waals surface area contributed by atoms with Crippen LogP contribution < -0.4 is 14.8 Å². The third kappa shape index (κ3) is 3.86. The number of rotatable bonds is 7. The number of nitrogens with one attached hydrogen (secondary N) is 1. The van der Waals surface area contributed by atoms with Crippen molar-refractivity contribution < 1.29 is 14.6 Å². The number of benzene rings is 1. The molecule has 0 heterocycles. The van der Waals surface area contributed by atoms with Gasteiger partial charge in [-0.25, -0.2) is 0 Å². The van der Waals surface area contributed by atoms with Gasteiger partial charge in [0.25, 0.3) is 0 Å². The van der Waals surface area contributed by atoms with Gasteiger partial charge in [-0.1, -0.05) is 22.9 Å². The summed E-state index contributed by atoms with van der Waals surface area (Å²) >= 11 is 3.51. The van der Waals surface area contributed by atoms with Crippen LogP contribution in [0, 0.1) is 0 Å². The van der Waals surface area contributed by atoms with Gasteiger partial charge in [0, 0.05) is 17.1 Å². The molecule has 0 spiro atoms. The summed E-state index contributed by atoms with van der Waals surface area (Å²) in [6, 6.07) is 3.93. The Labute approximate surface area is 116 Å². The van der Waals surface area contributed by atoms with Crippen LogP contribution >= 0.6 is 15.9 Å². The molecule has 1 atom stereocenters. The molecule has 1 aromatic carbocycles. The molecule has 0 amide bonds. The molecular formula is C13H20BrNO3. The molecular weight excluding hydrogens is 298 g/mol. The van der Waals surface area contributed by atoms with Gasteiger partial charge >= 0.3 is 0 Å². The summed E-state index contributed by atoms with van der Waals surface area (Å²) in [6.07, 6.45) is 0.890. The summed E-state index contributed by atoms with van der Waals surface area (Å²) in [6.45, 7) is 2.85. The highest BCUT2D eigenvalue weighted by molar-refractivity contribution is 9.10. The second kappa shape index (κ2) is 7.61. The van der Waals surface area contributed by atoms with Crippen molar-refractivity contribution in [1.82, 2.24) is 5.32 Å². The lowest BCUT2D eigenvalue weighted by Crippen LogP contribution is -2.31. The lowest BCUT2D eigenvalue weighted by Gasteiger charge is -2.16. The maximum Gasteiger partial charge on any atom is 0.161 e. The van der Waals surface area contributed by atoms with Crippen LogP contribution in [-0.4, -0.2) is 32.0 Å². The molecule has 4 nitrogen and oxygen atoms in total. The number of hydrogen-bond acceptors (Lipinski definition) is 4. The molecule has 0 aliphatic rings. The van der Waals surface area contributed by atoms with Crippen LogP contribution in [0.25, 0.3) is 0 Å². The Morgan fingerprint density at radius 3 is 2.39 bits per heavy atom.